The number of nitrogens with zero attached hydrogens (tertiary/aromatic N) is 1. The number of esters is 1. The smallest absolute Gasteiger partial charge is 0.348 e. The van der Waals surface area contributed by atoms with Crippen LogP contribution in [0.2, 0.25) is 0 Å². The predicted octanol–water partition coefficient (Wildman–Crippen LogP) is 6.04. The van der Waals surface area contributed by atoms with Crippen LogP contribution in [0.5, 0.6) is 11.5 Å². The maximum Gasteiger partial charge on any atom is 0.348 e. The first kappa shape index (κ1) is 26.8. The van der Waals surface area contributed by atoms with Crippen LogP contribution >= 0.6 is 0 Å². The fourth-order valence-corrected chi connectivity index (χ4v) is 7.23. The minimum atomic E-state index is -0.680. The number of hydrogen-bond donors (Lipinski definition) is 1. The Bertz CT molecular complexity index is 1260. The van der Waals surface area contributed by atoms with Crippen molar-refractivity contribution in [1.29, 1.82) is 5.26 Å². The Hall–Kier alpha value is -3.79. The highest BCUT2D eigenvalue weighted by atomic mass is 16.5. The normalized spacial score (nSPS) is 25.1. The first-order valence-corrected chi connectivity index (χ1v) is 14.0. The Labute approximate surface area is 230 Å². The quantitative estimate of drug-likeness (QED) is 0.229. The zero-order valence-corrected chi connectivity index (χ0v) is 22.7. The highest BCUT2D eigenvalue weighted by Crippen LogP contribution is 2.60. The second kappa shape index (κ2) is 11.5. The van der Waals surface area contributed by atoms with Gasteiger partial charge in [-0.15, -0.1) is 0 Å². The molecule has 0 unspecified atom stereocenters. The minimum absolute atomic E-state index is 0.110. The van der Waals surface area contributed by atoms with E-state index in [9.17, 15) is 14.9 Å². The monoisotopic (exact) mass is 528 g/mol. The zero-order valence-electron chi connectivity index (χ0n) is 22.7. The Morgan fingerprint density at radius 3 is 2.21 bits per heavy atom. The van der Waals surface area contributed by atoms with Crippen molar-refractivity contribution in [2.75, 3.05) is 25.1 Å². The van der Waals surface area contributed by atoms with Gasteiger partial charge in [-0.2, -0.15) is 5.26 Å². The summed E-state index contributed by atoms with van der Waals surface area (Å²) in [5, 5.41) is 12.2. The molecule has 4 bridgehead atoms. The lowest BCUT2D eigenvalue weighted by molar-refractivity contribution is -0.137. The maximum absolute atomic E-state index is 12.7. The summed E-state index contributed by atoms with van der Waals surface area (Å²) >= 11 is 0. The molecule has 4 aliphatic rings. The van der Waals surface area contributed by atoms with Crippen LogP contribution in [0.3, 0.4) is 0 Å². The molecule has 4 aliphatic carbocycles. The fraction of sp³-hybridized carbons (Fsp3) is 0.469. The fourth-order valence-electron chi connectivity index (χ4n) is 7.23. The predicted molar refractivity (Wildman–Crippen MR) is 148 cm³/mol. The summed E-state index contributed by atoms with van der Waals surface area (Å²) in [5.41, 5.74) is 2.99. The lowest BCUT2D eigenvalue weighted by atomic mass is 9.48. The number of nitriles is 1. The molecule has 0 atom stereocenters. The molecule has 1 amide bonds. The van der Waals surface area contributed by atoms with Crippen molar-refractivity contribution in [3.63, 3.8) is 0 Å². The van der Waals surface area contributed by atoms with Crippen molar-refractivity contribution in [3.05, 3.63) is 59.2 Å². The standard InChI is InChI=1S/C32H36N2O5/c1-3-37-29-15-21(14-25(19-33)31(36)38-4-2)5-10-28(29)39-20-30(35)34-27-8-6-26(7-9-27)32-16-22-11-23(17-32)13-24(12-22)18-32/h5-10,14-15,22-24H,3-4,11-13,16-18,20H2,1-2H3,(H,34,35)/b25-14-. The number of amides is 1. The van der Waals surface area contributed by atoms with E-state index in [1.807, 2.05) is 25.1 Å². The van der Waals surface area contributed by atoms with Gasteiger partial charge in [0.2, 0.25) is 0 Å². The van der Waals surface area contributed by atoms with Gasteiger partial charge in [0, 0.05) is 5.69 Å². The summed E-state index contributed by atoms with van der Waals surface area (Å²) in [5.74, 6) is 2.55. The van der Waals surface area contributed by atoms with Crippen LogP contribution in [0.15, 0.2) is 48.0 Å². The Morgan fingerprint density at radius 2 is 1.62 bits per heavy atom. The average Bonchev–Trinajstić information content (AvgIpc) is 2.91. The van der Waals surface area contributed by atoms with Crippen LogP contribution in [0, 0.1) is 29.1 Å². The first-order chi connectivity index (χ1) is 18.9. The molecule has 7 nitrogen and oxygen atoms in total. The number of nitrogens with one attached hydrogen (secondary N) is 1. The number of rotatable bonds is 10. The molecular formula is C32H36N2O5. The van der Waals surface area contributed by atoms with Gasteiger partial charge in [-0.25, -0.2) is 4.79 Å². The molecule has 0 heterocycles. The third kappa shape index (κ3) is 5.95. The molecule has 0 aromatic heterocycles. The van der Waals surface area contributed by atoms with Gasteiger partial charge in [0.05, 0.1) is 13.2 Å². The summed E-state index contributed by atoms with van der Waals surface area (Å²) in [7, 11) is 0. The van der Waals surface area contributed by atoms with E-state index < -0.39 is 5.97 Å². The average molecular weight is 529 g/mol. The molecule has 0 saturated heterocycles. The van der Waals surface area contributed by atoms with E-state index in [0.717, 1.165) is 23.4 Å². The van der Waals surface area contributed by atoms with Crippen LogP contribution in [0.25, 0.3) is 6.08 Å². The SMILES string of the molecule is CCOC(=O)/C(C#N)=C\c1ccc(OCC(=O)Nc2ccc(C34CC5CC(CC(C5)C3)C4)cc2)c(OCC)c1. The molecule has 4 fully saturated rings. The lowest BCUT2D eigenvalue weighted by Gasteiger charge is -2.57. The summed E-state index contributed by atoms with van der Waals surface area (Å²) in [6, 6.07) is 15.3. The summed E-state index contributed by atoms with van der Waals surface area (Å²) in [6.45, 7) is 3.91. The summed E-state index contributed by atoms with van der Waals surface area (Å²) in [4.78, 5) is 24.6. The molecule has 0 spiro atoms. The number of carbonyl (C=O) groups excluding carboxylic acids is 2. The maximum atomic E-state index is 12.7. The van der Waals surface area contributed by atoms with Crippen molar-refractivity contribution in [2.24, 2.45) is 17.8 Å². The molecule has 4 saturated carbocycles. The molecule has 0 aliphatic heterocycles. The number of carbonyl (C=O) groups is 2. The van der Waals surface area contributed by atoms with Crippen molar-refractivity contribution in [3.8, 4) is 17.6 Å². The van der Waals surface area contributed by atoms with E-state index >= 15 is 0 Å². The molecule has 1 N–H and O–H groups in total. The first-order valence-electron chi connectivity index (χ1n) is 14.0. The molecule has 2 aromatic carbocycles. The Kier molecular flexibility index (Phi) is 7.92. The lowest BCUT2D eigenvalue weighted by Crippen LogP contribution is -2.48. The van der Waals surface area contributed by atoms with Crippen LogP contribution in [0.4, 0.5) is 5.69 Å². The zero-order chi connectivity index (χ0) is 27.4. The summed E-state index contributed by atoms with van der Waals surface area (Å²) in [6.07, 6.45) is 9.65. The van der Waals surface area contributed by atoms with Crippen molar-refractivity contribution in [1.82, 2.24) is 0 Å². The molecule has 0 radical (unpaired) electrons. The molecular weight excluding hydrogens is 492 g/mol. The van der Waals surface area contributed by atoms with Crippen molar-refractivity contribution >= 4 is 23.6 Å². The highest BCUT2D eigenvalue weighted by molar-refractivity contribution is 5.98. The van der Waals surface area contributed by atoms with Gasteiger partial charge in [0.1, 0.15) is 11.6 Å². The second-order valence-corrected chi connectivity index (χ2v) is 11.1. The van der Waals surface area contributed by atoms with E-state index in [-0.39, 0.29) is 24.7 Å². The van der Waals surface area contributed by atoms with Crippen LogP contribution in [0.1, 0.15) is 63.5 Å². The molecule has 204 valence electrons. The number of anilines is 1. The van der Waals surface area contributed by atoms with Gasteiger partial charge in [0.25, 0.3) is 5.91 Å². The van der Waals surface area contributed by atoms with Crippen molar-refractivity contribution < 1.29 is 23.8 Å². The van der Waals surface area contributed by atoms with Crippen molar-refractivity contribution in [2.45, 2.75) is 57.8 Å². The van der Waals surface area contributed by atoms with Crippen LogP contribution in [-0.4, -0.2) is 31.7 Å². The molecule has 7 heteroatoms. The van der Waals surface area contributed by atoms with Crippen LogP contribution in [-0.2, 0) is 19.7 Å². The number of hydrogen-bond acceptors (Lipinski definition) is 6. The molecule has 2 aromatic rings. The Morgan fingerprint density at radius 1 is 0.949 bits per heavy atom. The number of ether oxygens (including phenoxy) is 3. The third-order valence-electron chi connectivity index (χ3n) is 8.37. The van der Waals surface area contributed by atoms with Gasteiger partial charge < -0.3 is 19.5 Å². The Balaban J connectivity index is 1.20. The van der Waals surface area contributed by atoms with E-state index in [1.165, 1.54) is 50.2 Å². The topological polar surface area (TPSA) is 97.7 Å². The largest absolute Gasteiger partial charge is 0.490 e. The molecule has 6 rings (SSSR count). The van der Waals surface area contributed by atoms with E-state index in [0.29, 0.717) is 29.1 Å². The van der Waals surface area contributed by atoms with Gasteiger partial charge in [-0.05, 0) is 117 Å². The third-order valence-corrected chi connectivity index (χ3v) is 8.37. The van der Waals surface area contributed by atoms with Crippen LogP contribution < -0.4 is 14.8 Å². The van der Waals surface area contributed by atoms with Gasteiger partial charge in [0.15, 0.2) is 18.1 Å². The van der Waals surface area contributed by atoms with E-state index in [2.05, 4.69) is 17.4 Å². The van der Waals surface area contributed by atoms with Gasteiger partial charge in [-0.1, -0.05) is 18.2 Å². The number of benzene rings is 2. The minimum Gasteiger partial charge on any atom is -0.490 e. The molecule has 39 heavy (non-hydrogen) atoms. The summed E-state index contributed by atoms with van der Waals surface area (Å²) < 4.78 is 16.4. The van der Waals surface area contributed by atoms with E-state index in [1.54, 1.807) is 25.1 Å². The van der Waals surface area contributed by atoms with Gasteiger partial charge in [-0.3, -0.25) is 4.79 Å². The highest BCUT2D eigenvalue weighted by Gasteiger charge is 2.51. The van der Waals surface area contributed by atoms with Gasteiger partial charge >= 0.3 is 5.97 Å². The van der Waals surface area contributed by atoms with E-state index in [4.69, 9.17) is 14.2 Å². The second-order valence-electron chi connectivity index (χ2n) is 11.1.